The maximum Gasteiger partial charge on any atom is 0.215 e. The van der Waals surface area contributed by atoms with Crippen LogP contribution in [-0.4, -0.2) is 54.9 Å². The molecule has 1 aromatic heterocycles. The highest BCUT2D eigenvalue weighted by atomic mass is 32.2. The summed E-state index contributed by atoms with van der Waals surface area (Å²) in [4.78, 5) is 16.8. The number of halogens is 2. The summed E-state index contributed by atoms with van der Waals surface area (Å²) < 4.78 is 55.4. The molecular formula is C26H31F2N5O3S2. The molecule has 0 unspecified atom stereocenters. The summed E-state index contributed by atoms with van der Waals surface area (Å²) >= 11 is 0.924. The Kier molecular flexibility index (Phi) is 9.08. The number of carbonyl (C=O) groups excluding carboxylic acids is 1. The van der Waals surface area contributed by atoms with Crippen molar-refractivity contribution in [3.05, 3.63) is 76.2 Å². The Morgan fingerprint density at radius 2 is 1.79 bits per heavy atom. The number of anilines is 2. The molecule has 1 aliphatic rings. The molecule has 1 fully saturated rings. The fraction of sp³-hybridized carbons (Fsp3) is 0.385. The van der Waals surface area contributed by atoms with Crippen LogP contribution in [-0.2, 0) is 10.0 Å². The lowest BCUT2D eigenvalue weighted by molar-refractivity contribution is 0.103. The van der Waals surface area contributed by atoms with Gasteiger partial charge in [0.25, 0.3) is 0 Å². The summed E-state index contributed by atoms with van der Waals surface area (Å²) in [6, 6.07) is 13.2. The molecule has 0 spiro atoms. The van der Waals surface area contributed by atoms with Crippen LogP contribution in [0.3, 0.4) is 0 Å². The Bertz CT molecular complexity index is 1340. The number of nitrogens with zero attached hydrogens (tertiary/aromatic N) is 2. The topological polar surface area (TPSA) is 117 Å². The summed E-state index contributed by atoms with van der Waals surface area (Å²) in [6.45, 7) is 3.11. The number of hydrogen-bond donors (Lipinski definition) is 3. The summed E-state index contributed by atoms with van der Waals surface area (Å²) in [5.41, 5.74) is 6.34. The lowest BCUT2D eigenvalue weighted by Crippen LogP contribution is -2.44. The Morgan fingerprint density at radius 1 is 1.13 bits per heavy atom. The van der Waals surface area contributed by atoms with Crippen LogP contribution in [0.4, 0.5) is 19.7 Å². The van der Waals surface area contributed by atoms with Crippen LogP contribution in [0.25, 0.3) is 0 Å². The maximum atomic E-state index is 14.1. The molecule has 3 aromatic rings. The van der Waals surface area contributed by atoms with Gasteiger partial charge in [0, 0.05) is 31.7 Å². The molecular weight excluding hydrogens is 532 g/mol. The monoisotopic (exact) mass is 563 g/mol. The van der Waals surface area contributed by atoms with Crippen molar-refractivity contribution in [1.82, 2.24) is 14.6 Å². The Morgan fingerprint density at radius 3 is 2.42 bits per heavy atom. The molecule has 2 aromatic carbocycles. The summed E-state index contributed by atoms with van der Waals surface area (Å²) in [7, 11) is -3.42. The molecule has 4 rings (SSSR count). The van der Waals surface area contributed by atoms with Gasteiger partial charge in [-0.1, -0.05) is 54.7 Å². The van der Waals surface area contributed by atoms with Crippen molar-refractivity contribution in [2.75, 3.05) is 36.4 Å². The van der Waals surface area contributed by atoms with Gasteiger partial charge in [0.1, 0.15) is 22.3 Å². The molecule has 1 saturated heterocycles. The first-order chi connectivity index (χ1) is 18.2. The van der Waals surface area contributed by atoms with Gasteiger partial charge in [-0.2, -0.15) is 0 Å². The summed E-state index contributed by atoms with van der Waals surface area (Å²) in [6.07, 6.45) is 1.93. The standard InChI is InChI=1S/C26H31F2N5O3S2/c1-2-21(17-7-4-3-5-8-17)30-13-16-38(35,36)33-14-11-18(12-15-33)31-26-32-25(29)24(37-26)23(34)22-19(27)9-6-10-20(22)28/h3-10,18,21,30H,2,11-16,29H2,1H3,(H,31,32)/t21-/m1/s1. The van der Waals surface area contributed by atoms with Gasteiger partial charge in [-0.05, 0) is 37.0 Å². The van der Waals surface area contributed by atoms with E-state index in [1.165, 1.54) is 10.4 Å². The lowest BCUT2D eigenvalue weighted by Gasteiger charge is -2.31. The van der Waals surface area contributed by atoms with Crippen LogP contribution in [0.15, 0.2) is 48.5 Å². The fourth-order valence-electron chi connectivity index (χ4n) is 4.51. The first-order valence-corrected chi connectivity index (χ1v) is 14.9. The van der Waals surface area contributed by atoms with Gasteiger partial charge >= 0.3 is 0 Å². The van der Waals surface area contributed by atoms with Crippen LogP contribution < -0.4 is 16.4 Å². The second kappa shape index (κ2) is 12.3. The number of sulfonamides is 1. The highest BCUT2D eigenvalue weighted by Crippen LogP contribution is 2.30. The summed E-state index contributed by atoms with van der Waals surface area (Å²) in [5, 5.41) is 6.88. The lowest BCUT2D eigenvalue weighted by atomic mass is 10.1. The van der Waals surface area contributed by atoms with Crippen molar-refractivity contribution in [1.29, 1.82) is 0 Å². The van der Waals surface area contributed by atoms with Crippen LogP contribution in [0.2, 0.25) is 0 Å². The van der Waals surface area contributed by atoms with Gasteiger partial charge in [-0.3, -0.25) is 4.79 Å². The molecule has 8 nitrogen and oxygen atoms in total. The van der Waals surface area contributed by atoms with Crippen LogP contribution >= 0.6 is 11.3 Å². The van der Waals surface area contributed by atoms with Crippen LogP contribution in [0.5, 0.6) is 0 Å². The number of ketones is 1. The molecule has 0 aliphatic carbocycles. The molecule has 12 heteroatoms. The highest BCUT2D eigenvalue weighted by Gasteiger charge is 2.29. The third kappa shape index (κ3) is 6.55. The van der Waals surface area contributed by atoms with E-state index in [9.17, 15) is 22.0 Å². The minimum absolute atomic E-state index is 0.00944. The minimum Gasteiger partial charge on any atom is -0.382 e. The first kappa shape index (κ1) is 28.1. The molecule has 1 aliphatic heterocycles. The van der Waals surface area contributed by atoms with E-state index in [2.05, 4.69) is 22.5 Å². The Hall–Kier alpha value is -2.93. The van der Waals surface area contributed by atoms with Crippen molar-refractivity contribution >= 4 is 38.1 Å². The molecule has 38 heavy (non-hydrogen) atoms. The van der Waals surface area contributed by atoms with Gasteiger partial charge < -0.3 is 16.4 Å². The van der Waals surface area contributed by atoms with Crippen LogP contribution in [0.1, 0.15) is 53.0 Å². The van der Waals surface area contributed by atoms with Crippen molar-refractivity contribution < 1.29 is 22.0 Å². The van der Waals surface area contributed by atoms with E-state index in [0.717, 1.165) is 35.5 Å². The number of nitrogen functional groups attached to an aromatic ring is 1. The van der Waals surface area contributed by atoms with Crippen molar-refractivity contribution in [2.24, 2.45) is 0 Å². The largest absolute Gasteiger partial charge is 0.382 e. The number of nitrogens with one attached hydrogen (secondary N) is 2. The van der Waals surface area contributed by atoms with E-state index < -0.39 is 33.0 Å². The number of rotatable bonds is 11. The van der Waals surface area contributed by atoms with E-state index in [4.69, 9.17) is 5.73 Å². The van der Waals surface area contributed by atoms with E-state index in [1.54, 1.807) is 0 Å². The van der Waals surface area contributed by atoms with Gasteiger partial charge in [-0.15, -0.1) is 0 Å². The second-order valence-corrected chi connectivity index (χ2v) is 12.2. The van der Waals surface area contributed by atoms with E-state index in [1.807, 2.05) is 30.3 Å². The normalized spacial score (nSPS) is 15.9. The number of benzene rings is 2. The Balaban J connectivity index is 1.29. The zero-order valence-corrected chi connectivity index (χ0v) is 22.6. The smallest absolute Gasteiger partial charge is 0.215 e. The minimum atomic E-state index is -3.42. The van der Waals surface area contributed by atoms with Crippen molar-refractivity contribution in [2.45, 2.75) is 38.3 Å². The SMILES string of the molecule is CC[C@@H](NCCS(=O)(=O)N1CCC(Nc2nc(N)c(C(=O)c3c(F)cccc3F)s2)CC1)c1ccccc1. The third-order valence-corrected chi connectivity index (χ3v) is 9.46. The molecule has 1 atom stereocenters. The maximum absolute atomic E-state index is 14.1. The van der Waals surface area contributed by atoms with E-state index >= 15 is 0 Å². The number of nitrogens with two attached hydrogens (primary N) is 1. The predicted molar refractivity (Wildman–Crippen MR) is 146 cm³/mol. The number of aromatic nitrogens is 1. The average molecular weight is 564 g/mol. The van der Waals surface area contributed by atoms with E-state index in [-0.39, 0.29) is 28.5 Å². The number of hydrogen-bond acceptors (Lipinski definition) is 8. The fourth-order valence-corrected chi connectivity index (χ4v) is 6.82. The highest BCUT2D eigenvalue weighted by molar-refractivity contribution is 7.89. The molecule has 4 N–H and O–H groups in total. The Labute approximate surface area is 225 Å². The molecule has 204 valence electrons. The van der Waals surface area contributed by atoms with Gasteiger partial charge in [0.2, 0.25) is 15.8 Å². The molecule has 0 radical (unpaired) electrons. The van der Waals surface area contributed by atoms with Crippen molar-refractivity contribution in [3.8, 4) is 0 Å². The summed E-state index contributed by atoms with van der Waals surface area (Å²) in [5.74, 6) is -2.90. The quantitative estimate of drug-likeness (QED) is 0.300. The molecule has 0 amide bonds. The zero-order valence-electron chi connectivity index (χ0n) is 21.0. The molecule has 0 saturated carbocycles. The van der Waals surface area contributed by atoms with Gasteiger partial charge in [0.05, 0.1) is 11.3 Å². The molecule has 2 heterocycles. The van der Waals surface area contributed by atoms with Crippen LogP contribution in [0, 0.1) is 11.6 Å². The number of piperidine rings is 1. The van der Waals surface area contributed by atoms with Crippen molar-refractivity contribution in [3.63, 3.8) is 0 Å². The molecule has 0 bridgehead atoms. The predicted octanol–water partition coefficient (Wildman–Crippen LogP) is 4.18. The second-order valence-electron chi connectivity index (χ2n) is 9.12. The zero-order chi connectivity index (χ0) is 27.3. The number of carbonyl (C=O) groups is 1. The van der Waals surface area contributed by atoms with Gasteiger partial charge in [0.15, 0.2) is 5.13 Å². The van der Waals surface area contributed by atoms with Gasteiger partial charge in [-0.25, -0.2) is 26.5 Å². The average Bonchev–Trinajstić information content (AvgIpc) is 3.27. The first-order valence-electron chi connectivity index (χ1n) is 12.5. The third-order valence-electron chi connectivity index (χ3n) is 6.59. The number of thiazole rings is 1. The van der Waals surface area contributed by atoms with E-state index in [0.29, 0.717) is 37.6 Å².